The summed E-state index contributed by atoms with van der Waals surface area (Å²) < 4.78 is 13.2. The van der Waals surface area contributed by atoms with Gasteiger partial charge in [-0.05, 0) is 11.8 Å². The van der Waals surface area contributed by atoms with Gasteiger partial charge in [-0.3, -0.25) is 0 Å². The number of nitrogens with two attached hydrogens (primary N) is 1. The fourth-order valence-electron chi connectivity index (χ4n) is 1.36. The number of anilines is 2. The van der Waals surface area contributed by atoms with Gasteiger partial charge >= 0.3 is 0 Å². The van der Waals surface area contributed by atoms with Gasteiger partial charge in [0.2, 0.25) is 5.95 Å². The summed E-state index contributed by atoms with van der Waals surface area (Å²) in [5.74, 6) is -0.165. The summed E-state index contributed by atoms with van der Waals surface area (Å²) in [6.45, 7) is 4.24. The van der Waals surface area contributed by atoms with Gasteiger partial charge < -0.3 is 11.1 Å². The van der Waals surface area contributed by atoms with E-state index < -0.39 is 5.82 Å². The van der Waals surface area contributed by atoms with E-state index in [1.165, 1.54) is 0 Å². The molecule has 1 aromatic rings. The van der Waals surface area contributed by atoms with Crippen LogP contribution < -0.4 is 11.1 Å². The number of hydrogen-bond acceptors (Lipinski definition) is 4. The van der Waals surface area contributed by atoms with Gasteiger partial charge in [-0.1, -0.05) is 13.8 Å². The highest BCUT2D eigenvalue weighted by Gasteiger charge is 2.46. The minimum absolute atomic E-state index is 0.0901. The Morgan fingerprint density at radius 3 is 2.86 bits per heavy atom. The molecule has 5 heteroatoms. The van der Waals surface area contributed by atoms with E-state index in [0.29, 0.717) is 0 Å². The molecule has 0 aliphatic heterocycles. The maximum absolute atomic E-state index is 13.2. The maximum atomic E-state index is 13.2. The molecule has 1 heterocycles. The van der Waals surface area contributed by atoms with Crippen molar-refractivity contribution in [2.75, 3.05) is 11.1 Å². The SMILES string of the molecule is CC1(C)CC1Nc1nc(N)ncc1F. The molecule has 76 valence electrons. The molecule has 1 unspecified atom stereocenters. The van der Waals surface area contributed by atoms with Gasteiger partial charge in [0.25, 0.3) is 0 Å². The molecule has 1 fully saturated rings. The first kappa shape index (κ1) is 9.18. The third kappa shape index (κ3) is 1.62. The van der Waals surface area contributed by atoms with Crippen LogP contribution in [0.25, 0.3) is 0 Å². The van der Waals surface area contributed by atoms with Crippen LogP contribution in [0.1, 0.15) is 20.3 Å². The zero-order chi connectivity index (χ0) is 10.3. The highest BCUT2D eigenvalue weighted by atomic mass is 19.1. The van der Waals surface area contributed by atoms with E-state index >= 15 is 0 Å². The lowest BCUT2D eigenvalue weighted by molar-refractivity contribution is 0.605. The zero-order valence-electron chi connectivity index (χ0n) is 8.21. The Labute approximate surface area is 81.7 Å². The Morgan fingerprint density at radius 2 is 2.29 bits per heavy atom. The molecule has 1 aliphatic rings. The molecule has 3 N–H and O–H groups in total. The molecule has 1 atom stereocenters. The molecule has 0 saturated heterocycles. The first-order chi connectivity index (χ1) is 6.49. The normalized spacial score (nSPS) is 23.2. The number of rotatable bonds is 2. The van der Waals surface area contributed by atoms with Crippen LogP contribution in [0.15, 0.2) is 6.20 Å². The van der Waals surface area contributed by atoms with Crippen molar-refractivity contribution < 1.29 is 4.39 Å². The molecule has 14 heavy (non-hydrogen) atoms. The number of hydrogen-bond donors (Lipinski definition) is 2. The minimum Gasteiger partial charge on any atom is -0.368 e. The van der Waals surface area contributed by atoms with Crippen LogP contribution in [0.3, 0.4) is 0 Å². The lowest BCUT2D eigenvalue weighted by Crippen LogP contribution is -2.12. The molecular weight excluding hydrogens is 183 g/mol. The van der Waals surface area contributed by atoms with E-state index in [0.717, 1.165) is 12.6 Å². The number of halogens is 1. The Hall–Kier alpha value is -1.39. The summed E-state index contributed by atoms with van der Waals surface area (Å²) in [4.78, 5) is 7.35. The average molecular weight is 196 g/mol. The predicted molar refractivity (Wildman–Crippen MR) is 52.2 cm³/mol. The average Bonchev–Trinajstić information content (AvgIpc) is 2.67. The topological polar surface area (TPSA) is 63.8 Å². The molecular formula is C9H13FN4. The molecule has 0 spiro atoms. The molecule has 0 radical (unpaired) electrons. The van der Waals surface area contributed by atoms with E-state index in [-0.39, 0.29) is 23.2 Å². The fraction of sp³-hybridized carbons (Fsp3) is 0.556. The fourth-order valence-corrected chi connectivity index (χ4v) is 1.36. The van der Waals surface area contributed by atoms with Gasteiger partial charge in [0.1, 0.15) is 0 Å². The highest BCUT2D eigenvalue weighted by molar-refractivity contribution is 5.42. The molecule has 0 bridgehead atoms. The van der Waals surface area contributed by atoms with Crippen molar-refractivity contribution >= 4 is 11.8 Å². The van der Waals surface area contributed by atoms with Gasteiger partial charge in [-0.2, -0.15) is 4.98 Å². The third-order valence-corrected chi connectivity index (χ3v) is 2.59. The first-order valence-electron chi connectivity index (χ1n) is 4.53. The van der Waals surface area contributed by atoms with E-state index in [1.807, 2.05) is 0 Å². The smallest absolute Gasteiger partial charge is 0.222 e. The van der Waals surface area contributed by atoms with Crippen molar-refractivity contribution in [3.63, 3.8) is 0 Å². The number of nitrogens with zero attached hydrogens (tertiary/aromatic N) is 2. The van der Waals surface area contributed by atoms with Crippen molar-refractivity contribution in [1.29, 1.82) is 0 Å². The molecule has 1 saturated carbocycles. The van der Waals surface area contributed by atoms with E-state index in [1.54, 1.807) is 0 Å². The predicted octanol–water partition coefficient (Wildman–Crippen LogP) is 1.41. The Bertz CT molecular complexity index is 364. The second-order valence-electron chi connectivity index (χ2n) is 4.31. The van der Waals surface area contributed by atoms with Crippen LogP contribution in [0.2, 0.25) is 0 Å². The van der Waals surface area contributed by atoms with Crippen molar-refractivity contribution in [2.45, 2.75) is 26.3 Å². The molecule has 0 aromatic carbocycles. The van der Waals surface area contributed by atoms with Crippen LogP contribution in [0, 0.1) is 11.2 Å². The highest BCUT2D eigenvalue weighted by Crippen LogP contribution is 2.46. The largest absolute Gasteiger partial charge is 0.368 e. The number of aromatic nitrogens is 2. The van der Waals surface area contributed by atoms with E-state index in [9.17, 15) is 4.39 Å². The zero-order valence-corrected chi connectivity index (χ0v) is 8.21. The van der Waals surface area contributed by atoms with Crippen LogP contribution in [0.5, 0.6) is 0 Å². The van der Waals surface area contributed by atoms with Crippen molar-refractivity contribution in [3.8, 4) is 0 Å². The van der Waals surface area contributed by atoms with Gasteiger partial charge in [-0.25, -0.2) is 9.37 Å². The lowest BCUT2D eigenvalue weighted by atomic mass is 10.2. The summed E-state index contributed by atoms with van der Waals surface area (Å²) in [7, 11) is 0. The second-order valence-corrected chi connectivity index (χ2v) is 4.31. The summed E-state index contributed by atoms with van der Waals surface area (Å²) in [5, 5.41) is 3.01. The summed E-state index contributed by atoms with van der Waals surface area (Å²) in [6, 6.07) is 0.284. The molecule has 1 aromatic heterocycles. The number of nitrogen functional groups attached to an aromatic ring is 1. The standard InChI is InChI=1S/C9H13FN4/c1-9(2)3-6(9)13-7-5(10)4-12-8(11)14-7/h4,6H,3H2,1-2H3,(H3,11,12,13,14). The maximum Gasteiger partial charge on any atom is 0.222 e. The Morgan fingerprint density at radius 1 is 1.64 bits per heavy atom. The minimum atomic E-state index is -0.457. The van der Waals surface area contributed by atoms with Gasteiger partial charge in [-0.15, -0.1) is 0 Å². The van der Waals surface area contributed by atoms with Gasteiger partial charge in [0, 0.05) is 6.04 Å². The van der Waals surface area contributed by atoms with Crippen LogP contribution in [-0.2, 0) is 0 Å². The van der Waals surface area contributed by atoms with Crippen LogP contribution in [0.4, 0.5) is 16.2 Å². The van der Waals surface area contributed by atoms with E-state index in [2.05, 4.69) is 29.1 Å². The molecule has 4 nitrogen and oxygen atoms in total. The Balaban J connectivity index is 2.13. The molecule has 1 aliphatic carbocycles. The van der Waals surface area contributed by atoms with Crippen LogP contribution in [-0.4, -0.2) is 16.0 Å². The van der Waals surface area contributed by atoms with Crippen molar-refractivity contribution in [3.05, 3.63) is 12.0 Å². The third-order valence-electron chi connectivity index (χ3n) is 2.59. The van der Waals surface area contributed by atoms with Crippen molar-refractivity contribution in [1.82, 2.24) is 9.97 Å². The van der Waals surface area contributed by atoms with Gasteiger partial charge in [0.15, 0.2) is 11.6 Å². The Kier molecular flexibility index (Phi) is 1.83. The molecule has 0 amide bonds. The van der Waals surface area contributed by atoms with Crippen LogP contribution >= 0.6 is 0 Å². The summed E-state index contributed by atoms with van der Waals surface area (Å²) in [6.07, 6.45) is 2.11. The van der Waals surface area contributed by atoms with E-state index in [4.69, 9.17) is 5.73 Å². The number of nitrogens with one attached hydrogen (secondary N) is 1. The van der Waals surface area contributed by atoms with Gasteiger partial charge in [0.05, 0.1) is 6.20 Å². The first-order valence-corrected chi connectivity index (χ1v) is 4.53. The van der Waals surface area contributed by atoms with Crippen molar-refractivity contribution in [2.24, 2.45) is 5.41 Å². The quantitative estimate of drug-likeness (QED) is 0.750. The lowest BCUT2D eigenvalue weighted by Gasteiger charge is -2.07. The monoisotopic (exact) mass is 196 g/mol. The second kappa shape index (κ2) is 2.80. The summed E-state index contributed by atoms with van der Waals surface area (Å²) in [5.41, 5.74) is 5.59. The molecule has 2 rings (SSSR count). The summed E-state index contributed by atoms with van der Waals surface area (Å²) >= 11 is 0.